The van der Waals surface area contributed by atoms with Crippen molar-refractivity contribution in [2.75, 3.05) is 7.11 Å². The molecule has 0 amide bonds. The molecule has 0 aliphatic heterocycles. The Hall–Kier alpha value is -0.980. The summed E-state index contributed by atoms with van der Waals surface area (Å²) in [5, 5.41) is 0. The van der Waals surface area contributed by atoms with Gasteiger partial charge in [-0.1, -0.05) is 19.1 Å². The molecule has 0 spiro atoms. The lowest BCUT2D eigenvalue weighted by atomic mass is 9.71. The lowest BCUT2D eigenvalue weighted by molar-refractivity contribution is 0.280. The molecule has 1 nitrogen and oxygen atoms in total. The van der Waals surface area contributed by atoms with Crippen LogP contribution >= 0.6 is 0 Å². The zero-order valence-electron chi connectivity index (χ0n) is 8.29. The van der Waals surface area contributed by atoms with Crippen LogP contribution in [0.15, 0.2) is 24.3 Å². The van der Waals surface area contributed by atoms with Gasteiger partial charge in [0.05, 0.1) is 7.11 Å². The van der Waals surface area contributed by atoms with E-state index in [9.17, 15) is 0 Å². The van der Waals surface area contributed by atoms with E-state index in [1.165, 1.54) is 18.4 Å². The Morgan fingerprint density at radius 3 is 2.23 bits per heavy atom. The molecule has 0 saturated heterocycles. The van der Waals surface area contributed by atoms with Gasteiger partial charge in [0.15, 0.2) is 0 Å². The van der Waals surface area contributed by atoms with Crippen LogP contribution in [0.5, 0.6) is 5.75 Å². The maximum atomic E-state index is 5.13. The molecule has 1 saturated carbocycles. The van der Waals surface area contributed by atoms with Crippen LogP contribution in [0.2, 0.25) is 0 Å². The van der Waals surface area contributed by atoms with E-state index in [1.54, 1.807) is 7.11 Å². The van der Waals surface area contributed by atoms with E-state index >= 15 is 0 Å². The van der Waals surface area contributed by atoms with Crippen LogP contribution in [-0.4, -0.2) is 7.11 Å². The summed E-state index contributed by atoms with van der Waals surface area (Å²) in [4.78, 5) is 0. The number of benzene rings is 1. The molecule has 70 valence electrons. The van der Waals surface area contributed by atoms with E-state index in [4.69, 9.17) is 4.74 Å². The number of hydrogen-bond donors (Lipinski definition) is 0. The third-order valence-corrected chi connectivity index (χ3v) is 3.16. The standard InChI is InChI=1S/C12H16O/c1-9-3-8-12(9)10-4-6-11(13-2)7-5-10/h4-7,9,12H,3,8H2,1-2H3/t9-,12-/m0/s1. The van der Waals surface area contributed by atoms with E-state index in [0.29, 0.717) is 0 Å². The molecule has 0 aromatic heterocycles. The normalized spacial score (nSPS) is 26.6. The predicted octanol–water partition coefficient (Wildman–Crippen LogP) is 3.21. The molecule has 1 fully saturated rings. The average Bonchev–Trinajstić information content (AvgIpc) is 2.17. The Labute approximate surface area is 79.7 Å². The highest BCUT2D eigenvalue weighted by Crippen LogP contribution is 2.42. The van der Waals surface area contributed by atoms with E-state index in [1.807, 2.05) is 0 Å². The lowest BCUT2D eigenvalue weighted by Crippen LogP contribution is -2.20. The van der Waals surface area contributed by atoms with Gasteiger partial charge >= 0.3 is 0 Å². The molecule has 1 aliphatic carbocycles. The van der Waals surface area contributed by atoms with Gasteiger partial charge in [0.1, 0.15) is 5.75 Å². The molecule has 2 atom stereocenters. The van der Waals surface area contributed by atoms with Crippen molar-refractivity contribution in [1.29, 1.82) is 0 Å². The summed E-state index contributed by atoms with van der Waals surface area (Å²) in [6.07, 6.45) is 2.74. The summed E-state index contributed by atoms with van der Waals surface area (Å²) in [5.74, 6) is 2.62. The van der Waals surface area contributed by atoms with Crippen LogP contribution in [-0.2, 0) is 0 Å². The zero-order chi connectivity index (χ0) is 9.26. The fraction of sp³-hybridized carbons (Fsp3) is 0.500. The molecule has 1 heteroatoms. The SMILES string of the molecule is COc1ccc([C@H]2CC[C@@H]2C)cc1. The van der Waals surface area contributed by atoms with Crippen LogP contribution < -0.4 is 4.74 Å². The molecule has 0 bridgehead atoms. The first-order chi connectivity index (χ1) is 6.31. The van der Waals surface area contributed by atoms with E-state index in [0.717, 1.165) is 17.6 Å². The second kappa shape index (κ2) is 3.41. The average molecular weight is 176 g/mol. The Morgan fingerprint density at radius 2 is 1.85 bits per heavy atom. The van der Waals surface area contributed by atoms with Crippen molar-refractivity contribution >= 4 is 0 Å². The minimum atomic E-state index is 0.797. The van der Waals surface area contributed by atoms with Gasteiger partial charge in [-0.2, -0.15) is 0 Å². The van der Waals surface area contributed by atoms with Crippen LogP contribution in [0.4, 0.5) is 0 Å². The third-order valence-electron chi connectivity index (χ3n) is 3.16. The van der Waals surface area contributed by atoms with Gasteiger partial charge in [-0.05, 0) is 42.4 Å². The van der Waals surface area contributed by atoms with Crippen molar-refractivity contribution in [2.45, 2.75) is 25.7 Å². The van der Waals surface area contributed by atoms with E-state index < -0.39 is 0 Å². The number of hydrogen-bond acceptors (Lipinski definition) is 1. The second-order valence-electron chi connectivity index (χ2n) is 3.93. The van der Waals surface area contributed by atoms with Gasteiger partial charge in [-0.3, -0.25) is 0 Å². The molecule has 0 radical (unpaired) electrons. The Bertz CT molecular complexity index is 276. The summed E-state index contributed by atoms with van der Waals surface area (Å²) in [5.41, 5.74) is 1.47. The first-order valence-electron chi connectivity index (χ1n) is 4.95. The van der Waals surface area contributed by atoms with Crippen molar-refractivity contribution in [1.82, 2.24) is 0 Å². The fourth-order valence-electron chi connectivity index (χ4n) is 2.01. The molecule has 0 heterocycles. The lowest BCUT2D eigenvalue weighted by Gasteiger charge is -2.34. The highest BCUT2D eigenvalue weighted by molar-refractivity contribution is 5.30. The highest BCUT2D eigenvalue weighted by atomic mass is 16.5. The molecular formula is C12H16O. The Morgan fingerprint density at radius 1 is 1.15 bits per heavy atom. The Balaban J connectivity index is 2.13. The molecular weight excluding hydrogens is 160 g/mol. The van der Waals surface area contributed by atoms with Gasteiger partial charge in [-0.25, -0.2) is 0 Å². The van der Waals surface area contributed by atoms with E-state index in [2.05, 4.69) is 31.2 Å². The summed E-state index contributed by atoms with van der Waals surface area (Å²) in [6, 6.07) is 8.50. The van der Waals surface area contributed by atoms with Crippen molar-refractivity contribution in [3.8, 4) is 5.75 Å². The molecule has 1 aromatic rings. The van der Waals surface area contributed by atoms with Crippen molar-refractivity contribution in [2.24, 2.45) is 5.92 Å². The molecule has 0 unspecified atom stereocenters. The predicted molar refractivity (Wildman–Crippen MR) is 54.1 cm³/mol. The zero-order valence-corrected chi connectivity index (χ0v) is 8.29. The molecule has 1 aliphatic rings. The first kappa shape index (κ1) is 8.61. The maximum absolute atomic E-state index is 5.13. The van der Waals surface area contributed by atoms with Gasteiger partial charge in [-0.15, -0.1) is 0 Å². The van der Waals surface area contributed by atoms with Gasteiger partial charge < -0.3 is 4.74 Å². The van der Waals surface area contributed by atoms with Crippen LogP contribution in [0, 0.1) is 5.92 Å². The smallest absolute Gasteiger partial charge is 0.118 e. The summed E-state index contributed by atoms with van der Waals surface area (Å²) >= 11 is 0. The molecule has 13 heavy (non-hydrogen) atoms. The fourth-order valence-corrected chi connectivity index (χ4v) is 2.01. The quantitative estimate of drug-likeness (QED) is 0.672. The van der Waals surface area contributed by atoms with Crippen molar-refractivity contribution < 1.29 is 4.74 Å². The number of ether oxygens (including phenoxy) is 1. The van der Waals surface area contributed by atoms with Gasteiger partial charge in [0.25, 0.3) is 0 Å². The largest absolute Gasteiger partial charge is 0.497 e. The third kappa shape index (κ3) is 1.55. The van der Waals surface area contributed by atoms with E-state index in [-0.39, 0.29) is 0 Å². The van der Waals surface area contributed by atoms with Crippen molar-refractivity contribution in [3.05, 3.63) is 29.8 Å². The monoisotopic (exact) mass is 176 g/mol. The van der Waals surface area contributed by atoms with Crippen LogP contribution in [0.1, 0.15) is 31.2 Å². The summed E-state index contributed by atoms with van der Waals surface area (Å²) < 4.78 is 5.13. The first-order valence-corrected chi connectivity index (χ1v) is 4.95. The van der Waals surface area contributed by atoms with Gasteiger partial charge in [0, 0.05) is 0 Å². The summed E-state index contributed by atoms with van der Waals surface area (Å²) in [7, 11) is 1.71. The molecule has 2 rings (SSSR count). The Kier molecular flexibility index (Phi) is 2.26. The molecule has 0 N–H and O–H groups in total. The van der Waals surface area contributed by atoms with Crippen LogP contribution in [0.3, 0.4) is 0 Å². The highest BCUT2D eigenvalue weighted by Gasteiger charge is 2.27. The minimum absolute atomic E-state index is 0.797. The molecule has 1 aromatic carbocycles. The number of methoxy groups -OCH3 is 1. The van der Waals surface area contributed by atoms with Gasteiger partial charge in [0.2, 0.25) is 0 Å². The topological polar surface area (TPSA) is 9.23 Å². The summed E-state index contributed by atoms with van der Waals surface area (Å²) in [6.45, 7) is 2.33. The maximum Gasteiger partial charge on any atom is 0.118 e. The minimum Gasteiger partial charge on any atom is -0.497 e. The number of rotatable bonds is 2. The van der Waals surface area contributed by atoms with Crippen LogP contribution in [0.25, 0.3) is 0 Å². The van der Waals surface area contributed by atoms with Crippen molar-refractivity contribution in [3.63, 3.8) is 0 Å². The second-order valence-corrected chi connectivity index (χ2v) is 3.93.